The van der Waals surface area contributed by atoms with Gasteiger partial charge in [-0.05, 0) is 77.6 Å². The minimum Gasteiger partial charge on any atom is -0.337 e. The van der Waals surface area contributed by atoms with E-state index in [1.165, 1.54) is 72.5 Å². The van der Waals surface area contributed by atoms with Crippen LogP contribution in [0.1, 0.15) is 31.4 Å². The maximum Gasteiger partial charge on any atom is 0.0641 e. The zero-order valence-corrected chi connectivity index (χ0v) is 30.9. The van der Waals surface area contributed by atoms with Gasteiger partial charge in [-0.2, -0.15) is 0 Å². The Morgan fingerprint density at radius 2 is 1.24 bits per heavy atom. The molecular weight excluding hydrogens is 653 g/mol. The highest BCUT2D eigenvalue weighted by molar-refractivity contribution is 6.11. The van der Waals surface area contributed by atoms with Crippen LogP contribution in [0.3, 0.4) is 0 Å². The van der Waals surface area contributed by atoms with Gasteiger partial charge in [0.25, 0.3) is 0 Å². The molecule has 1 aromatic heterocycles. The first-order valence-corrected chi connectivity index (χ1v) is 18.9. The van der Waals surface area contributed by atoms with Crippen molar-refractivity contribution in [3.05, 3.63) is 223 Å². The highest BCUT2D eigenvalue weighted by Gasteiger charge is 2.29. The molecule has 1 aliphatic rings. The summed E-state index contributed by atoms with van der Waals surface area (Å²) in [5.41, 5.74) is 15.8. The van der Waals surface area contributed by atoms with E-state index in [9.17, 15) is 0 Å². The summed E-state index contributed by atoms with van der Waals surface area (Å²) in [6, 6.07) is 58.5. The Labute approximate surface area is 319 Å². The van der Waals surface area contributed by atoms with Gasteiger partial charge in [0.1, 0.15) is 0 Å². The van der Waals surface area contributed by atoms with Crippen molar-refractivity contribution >= 4 is 33.9 Å². The Morgan fingerprint density at radius 3 is 1.96 bits per heavy atom. The van der Waals surface area contributed by atoms with Crippen LogP contribution in [0.5, 0.6) is 0 Å². The molecule has 0 atom stereocenters. The molecule has 1 aliphatic heterocycles. The van der Waals surface area contributed by atoms with Gasteiger partial charge in [0.05, 0.1) is 16.9 Å². The van der Waals surface area contributed by atoms with Crippen molar-refractivity contribution in [3.63, 3.8) is 0 Å². The SMILES string of the molecule is C\C=C(/C=C(\C=C\c1ccccc1)C(=C/C=C\CN1c2ccccc2-c2c(n(-c3ccccc3)c3ccccc23)-c2ccccc21)/CC)c1ccccc1. The Kier molecular flexibility index (Phi) is 10.2. The molecule has 7 aromatic rings. The van der Waals surface area contributed by atoms with Crippen molar-refractivity contribution in [2.24, 2.45) is 0 Å². The van der Waals surface area contributed by atoms with Gasteiger partial charge in [-0.3, -0.25) is 0 Å². The number of anilines is 2. The third-order valence-electron chi connectivity index (χ3n) is 10.3. The lowest BCUT2D eigenvalue weighted by molar-refractivity contribution is 1.09. The van der Waals surface area contributed by atoms with Crippen LogP contribution in [0, 0.1) is 0 Å². The number of aromatic nitrogens is 1. The molecule has 0 saturated carbocycles. The fraction of sp³-hybridized carbons (Fsp3) is 0.0769. The maximum atomic E-state index is 2.48. The smallest absolute Gasteiger partial charge is 0.0641 e. The van der Waals surface area contributed by atoms with Gasteiger partial charge in [0.15, 0.2) is 0 Å². The minimum atomic E-state index is 0.720. The predicted molar refractivity (Wildman–Crippen MR) is 232 cm³/mol. The molecule has 8 rings (SSSR count). The van der Waals surface area contributed by atoms with Crippen molar-refractivity contribution in [1.29, 1.82) is 0 Å². The highest BCUT2D eigenvalue weighted by atomic mass is 15.1. The fourth-order valence-electron chi connectivity index (χ4n) is 7.67. The molecule has 6 aromatic carbocycles. The van der Waals surface area contributed by atoms with E-state index in [1.54, 1.807) is 0 Å². The van der Waals surface area contributed by atoms with Crippen molar-refractivity contribution in [3.8, 4) is 28.1 Å². The van der Waals surface area contributed by atoms with Crippen LogP contribution >= 0.6 is 0 Å². The lowest BCUT2D eigenvalue weighted by Gasteiger charge is -2.26. The molecule has 2 heterocycles. The first kappa shape index (κ1) is 34.4. The molecule has 0 bridgehead atoms. The van der Waals surface area contributed by atoms with E-state index in [0.717, 1.165) is 18.7 Å². The Hall–Kier alpha value is -6.64. The quantitative estimate of drug-likeness (QED) is 0.129. The Balaban J connectivity index is 1.20. The van der Waals surface area contributed by atoms with E-state index in [4.69, 9.17) is 0 Å². The monoisotopic (exact) mass is 696 g/mol. The van der Waals surface area contributed by atoms with Crippen LogP contribution in [0.15, 0.2) is 211 Å². The van der Waals surface area contributed by atoms with Gasteiger partial charge in [0, 0.05) is 40.0 Å². The molecule has 0 unspecified atom stereocenters. The molecule has 0 radical (unpaired) electrons. The second kappa shape index (κ2) is 15.9. The van der Waals surface area contributed by atoms with E-state index in [2.05, 4.69) is 230 Å². The topological polar surface area (TPSA) is 8.17 Å². The molecule has 0 aliphatic carbocycles. The van der Waals surface area contributed by atoms with Gasteiger partial charge in [-0.15, -0.1) is 0 Å². The number of rotatable bonds is 10. The summed E-state index contributed by atoms with van der Waals surface area (Å²) >= 11 is 0. The number of nitrogens with zero attached hydrogens (tertiary/aromatic N) is 2. The van der Waals surface area contributed by atoms with Crippen molar-refractivity contribution in [2.45, 2.75) is 20.3 Å². The predicted octanol–water partition coefficient (Wildman–Crippen LogP) is 14.1. The normalized spacial score (nSPS) is 13.3. The molecular formula is C52H44N2. The molecule has 0 amide bonds. The van der Waals surface area contributed by atoms with Crippen molar-refractivity contribution in [2.75, 3.05) is 11.4 Å². The van der Waals surface area contributed by atoms with Gasteiger partial charge >= 0.3 is 0 Å². The molecule has 0 fully saturated rings. The average Bonchev–Trinajstić information content (AvgIpc) is 3.53. The minimum absolute atomic E-state index is 0.720. The zero-order chi connectivity index (χ0) is 36.7. The number of benzene rings is 6. The molecule has 262 valence electrons. The maximum absolute atomic E-state index is 2.48. The van der Waals surface area contributed by atoms with Crippen molar-refractivity contribution < 1.29 is 0 Å². The van der Waals surface area contributed by atoms with Crippen molar-refractivity contribution in [1.82, 2.24) is 4.57 Å². The summed E-state index contributed by atoms with van der Waals surface area (Å²) in [4.78, 5) is 2.48. The second-order valence-corrected chi connectivity index (χ2v) is 13.5. The third kappa shape index (κ3) is 6.83. The second-order valence-electron chi connectivity index (χ2n) is 13.5. The number of allylic oxidation sites excluding steroid dienone is 8. The lowest BCUT2D eigenvalue weighted by atomic mass is 9.96. The fourth-order valence-corrected chi connectivity index (χ4v) is 7.67. The van der Waals surface area contributed by atoms with Crippen LogP contribution in [0.2, 0.25) is 0 Å². The number of para-hydroxylation sites is 4. The van der Waals surface area contributed by atoms with Gasteiger partial charge in [0.2, 0.25) is 0 Å². The first-order valence-electron chi connectivity index (χ1n) is 18.9. The zero-order valence-electron chi connectivity index (χ0n) is 30.9. The molecule has 0 spiro atoms. The molecule has 0 saturated heterocycles. The highest BCUT2D eigenvalue weighted by Crippen LogP contribution is 2.52. The van der Waals surface area contributed by atoms with E-state index in [1.807, 2.05) is 0 Å². The standard InChI is InChI=1S/C52H44N2/c1-3-40(43(36-35-39-22-8-5-9-23-39)38-41(4-2)42-25-10-6-11-26-42)24-20-21-37-53-48-32-17-14-29-45(48)51-46-30-15-19-34-50(46)54(44-27-12-7-13-28-44)52(51)47-31-16-18-33-49(47)53/h4-36,38H,3,37H2,1-2H3/b21-20-,36-35+,40-24+,41-4+,43-38+. The van der Waals surface area contributed by atoms with Gasteiger partial charge in [-0.1, -0.05) is 177 Å². The van der Waals surface area contributed by atoms with Crippen LogP contribution in [0.25, 0.3) is 50.6 Å². The van der Waals surface area contributed by atoms with Crippen LogP contribution in [0.4, 0.5) is 11.4 Å². The van der Waals surface area contributed by atoms with Gasteiger partial charge in [-0.25, -0.2) is 0 Å². The Morgan fingerprint density at radius 1 is 0.630 bits per heavy atom. The van der Waals surface area contributed by atoms with Crippen LogP contribution < -0.4 is 4.90 Å². The summed E-state index contributed by atoms with van der Waals surface area (Å²) in [5.74, 6) is 0. The summed E-state index contributed by atoms with van der Waals surface area (Å²) in [7, 11) is 0. The largest absolute Gasteiger partial charge is 0.337 e. The van der Waals surface area contributed by atoms with E-state index in [0.29, 0.717) is 0 Å². The van der Waals surface area contributed by atoms with Crippen LogP contribution in [-0.4, -0.2) is 11.1 Å². The molecule has 2 nitrogen and oxygen atoms in total. The first-order chi connectivity index (χ1) is 26.7. The molecule has 0 N–H and O–H groups in total. The lowest BCUT2D eigenvalue weighted by Crippen LogP contribution is -2.17. The molecule has 2 heteroatoms. The number of hydrogen-bond donors (Lipinski definition) is 0. The van der Waals surface area contributed by atoms with Gasteiger partial charge < -0.3 is 9.47 Å². The summed E-state index contributed by atoms with van der Waals surface area (Å²) in [6.07, 6.45) is 16.7. The summed E-state index contributed by atoms with van der Waals surface area (Å²) in [5, 5.41) is 1.25. The average molecular weight is 697 g/mol. The third-order valence-corrected chi connectivity index (χ3v) is 10.3. The van der Waals surface area contributed by atoms with Crippen LogP contribution in [-0.2, 0) is 0 Å². The van der Waals surface area contributed by atoms with E-state index < -0.39 is 0 Å². The van der Waals surface area contributed by atoms with E-state index >= 15 is 0 Å². The Bertz CT molecular complexity index is 2540. The number of fused-ring (bicyclic) bond motifs is 7. The van der Waals surface area contributed by atoms with E-state index in [-0.39, 0.29) is 0 Å². The molecule has 54 heavy (non-hydrogen) atoms. The summed E-state index contributed by atoms with van der Waals surface area (Å²) < 4.78 is 2.45. The summed E-state index contributed by atoms with van der Waals surface area (Å²) in [6.45, 7) is 5.08. The number of hydrogen-bond acceptors (Lipinski definition) is 1.